The summed E-state index contributed by atoms with van der Waals surface area (Å²) >= 11 is 0. The Kier molecular flexibility index (Phi) is 3.83. The number of nitrogens with one attached hydrogen (secondary N) is 1. The largest absolute Gasteiger partial charge is 0.355 e. The van der Waals surface area contributed by atoms with E-state index in [0.29, 0.717) is 0 Å². The van der Waals surface area contributed by atoms with E-state index in [1.54, 1.807) is 6.20 Å². The number of rotatable bonds is 3. The highest BCUT2D eigenvalue weighted by Crippen LogP contribution is 2.31. The fourth-order valence-electron chi connectivity index (χ4n) is 3.70. The third kappa shape index (κ3) is 2.79. The van der Waals surface area contributed by atoms with Crippen molar-refractivity contribution in [2.24, 2.45) is 7.05 Å². The summed E-state index contributed by atoms with van der Waals surface area (Å²) in [5.41, 5.74) is 8.96. The lowest BCUT2D eigenvalue weighted by Gasteiger charge is -2.01. The number of aromatic amines is 1. The normalized spacial score (nSPS) is 11.2. The van der Waals surface area contributed by atoms with Crippen molar-refractivity contribution in [2.45, 2.75) is 6.92 Å². The molecule has 0 spiro atoms. The predicted molar refractivity (Wildman–Crippen MR) is 114 cm³/mol. The second-order valence-electron chi connectivity index (χ2n) is 7.08. The lowest BCUT2D eigenvalue weighted by Crippen LogP contribution is -1.93. The molecule has 0 aliphatic carbocycles. The van der Waals surface area contributed by atoms with Crippen LogP contribution >= 0.6 is 0 Å². The van der Waals surface area contributed by atoms with E-state index in [-0.39, 0.29) is 0 Å². The molecule has 1 N–H and O–H groups in total. The number of hydrogen-bond acceptors (Lipinski definition) is 2. The summed E-state index contributed by atoms with van der Waals surface area (Å²) in [7, 11) is 1.98. The van der Waals surface area contributed by atoms with Gasteiger partial charge in [0.2, 0.25) is 0 Å². The number of fused-ring (bicyclic) bond motifs is 1. The summed E-state index contributed by atoms with van der Waals surface area (Å²) in [6.07, 6.45) is 3.62. The molecule has 0 fully saturated rings. The highest BCUT2D eigenvalue weighted by molar-refractivity contribution is 5.90. The maximum Gasteiger partial charge on any atom is 0.0945 e. The number of aryl methyl sites for hydroxylation is 2. The maximum atomic E-state index is 4.67. The molecular formula is C24H20N4. The fraction of sp³-hybridized carbons (Fsp3) is 0.0833. The van der Waals surface area contributed by atoms with Crippen molar-refractivity contribution in [3.8, 4) is 33.8 Å². The summed E-state index contributed by atoms with van der Waals surface area (Å²) in [5.74, 6) is 0. The van der Waals surface area contributed by atoms with Crippen LogP contribution in [-0.2, 0) is 7.05 Å². The Morgan fingerprint density at radius 2 is 1.79 bits per heavy atom. The second-order valence-corrected chi connectivity index (χ2v) is 7.08. The molecule has 3 heterocycles. The van der Waals surface area contributed by atoms with Crippen molar-refractivity contribution in [1.82, 2.24) is 19.7 Å². The van der Waals surface area contributed by atoms with Gasteiger partial charge in [0.25, 0.3) is 0 Å². The predicted octanol–water partition coefficient (Wildman–Crippen LogP) is 5.61. The number of nitrogens with zero attached hydrogens (tertiary/aromatic N) is 3. The Morgan fingerprint density at radius 3 is 2.61 bits per heavy atom. The Labute approximate surface area is 163 Å². The Bertz CT molecular complexity index is 1280. The molecule has 5 rings (SSSR count). The van der Waals surface area contributed by atoms with Crippen molar-refractivity contribution in [2.75, 3.05) is 0 Å². The average Bonchev–Trinajstić information content (AvgIpc) is 3.32. The average molecular weight is 364 g/mol. The maximum absolute atomic E-state index is 4.67. The van der Waals surface area contributed by atoms with Crippen molar-refractivity contribution in [3.63, 3.8) is 0 Å². The molecule has 4 heteroatoms. The third-order valence-corrected chi connectivity index (χ3v) is 5.19. The minimum Gasteiger partial charge on any atom is -0.355 e. The van der Waals surface area contributed by atoms with Crippen molar-refractivity contribution in [1.29, 1.82) is 0 Å². The standard InChI is InChI=1S/C24H20N4/c1-16-6-3-4-8-20(16)23-13-19-12-17(9-10-21(19)26-23)24-14-22(27-28(24)2)18-7-5-11-25-15-18/h3-15,26H,1-2H3. The molecule has 0 aliphatic rings. The topological polar surface area (TPSA) is 46.5 Å². The summed E-state index contributed by atoms with van der Waals surface area (Å²) in [5, 5.41) is 5.86. The van der Waals surface area contributed by atoms with Crippen LogP contribution in [0, 0.1) is 6.92 Å². The van der Waals surface area contributed by atoms with Crippen molar-refractivity contribution >= 4 is 10.9 Å². The molecule has 0 radical (unpaired) electrons. The third-order valence-electron chi connectivity index (χ3n) is 5.19. The Balaban J connectivity index is 1.57. The van der Waals surface area contributed by atoms with Gasteiger partial charge in [0, 0.05) is 52.7 Å². The van der Waals surface area contributed by atoms with Crippen molar-refractivity contribution < 1.29 is 0 Å². The zero-order valence-electron chi connectivity index (χ0n) is 15.8. The van der Waals surface area contributed by atoms with Gasteiger partial charge in [0.05, 0.1) is 11.4 Å². The van der Waals surface area contributed by atoms with Crippen LogP contribution < -0.4 is 0 Å². The van der Waals surface area contributed by atoms with Gasteiger partial charge in [-0.3, -0.25) is 9.67 Å². The molecule has 0 saturated heterocycles. The number of H-pyrrole nitrogens is 1. The first-order valence-electron chi connectivity index (χ1n) is 9.32. The number of aromatic nitrogens is 4. The van der Waals surface area contributed by atoms with Gasteiger partial charge in [-0.1, -0.05) is 30.3 Å². The van der Waals surface area contributed by atoms with Crippen LogP contribution in [0.15, 0.2) is 79.1 Å². The monoisotopic (exact) mass is 364 g/mol. The molecule has 4 nitrogen and oxygen atoms in total. The van der Waals surface area contributed by atoms with Crippen LogP contribution in [0.5, 0.6) is 0 Å². The van der Waals surface area contributed by atoms with Gasteiger partial charge in [-0.15, -0.1) is 0 Å². The fourth-order valence-corrected chi connectivity index (χ4v) is 3.70. The molecule has 136 valence electrons. The first-order valence-corrected chi connectivity index (χ1v) is 9.32. The molecule has 0 atom stereocenters. The summed E-state index contributed by atoms with van der Waals surface area (Å²) < 4.78 is 1.93. The van der Waals surface area contributed by atoms with Gasteiger partial charge in [0.1, 0.15) is 0 Å². The minimum absolute atomic E-state index is 0.931. The highest BCUT2D eigenvalue weighted by atomic mass is 15.3. The first-order chi connectivity index (χ1) is 13.7. The molecule has 28 heavy (non-hydrogen) atoms. The van der Waals surface area contributed by atoms with Crippen LogP contribution in [0.1, 0.15) is 5.56 Å². The van der Waals surface area contributed by atoms with Crippen molar-refractivity contribution in [3.05, 3.63) is 84.7 Å². The molecule has 0 bridgehead atoms. The van der Waals surface area contributed by atoms with Crippen LogP contribution in [0.4, 0.5) is 0 Å². The molecular weight excluding hydrogens is 344 g/mol. The Morgan fingerprint density at radius 1 is 0.893 bits per heavy atom. The van der Waals surface area contributed by atoms with E-state index >= 15 is 0 Å². The summed E-state index contributed by atoms with van der Waals surface area (Å²) in [6, 6.07) is 23.3. The van der Waals surface area contributed by atoms with E-state index in [1.807, 2.05) is 30.1 Å². The Hall–Kier alpha value is -3.66. The van der Waals surface area contributed by atoms with Crippen LogP contribution in [0.25, 0.3) is 44.7 Å². The van der Waals surface area contributed by atoms with Gasteiger partial charge in [-0.05, 0) is 48.9 Å². The van der Waals surface area contributed by atoms with E-state index < -0.39 is 0 Å². The zero-order chi connectivity index (χ0) is 19.1. The lowest BCUT2D eigenvalue weighted by molar-refractivity contribution is 0.779. The number of pyridine rings is 1. The molecule has 2 aromatic carbocycles. The lowest BCUT2D eigenvalue weighted by atomic mass is 10.1. The number of benzene rings is 2. The van der Waals surface area contributed by atoms with Crippen LogP contribution in [0.3, 0.4) is 0 Å². The SMILES string of the molecule is Cc1ccccc1-c1cc2cc(-c3cc(-c4cccnc4)nn3C)ccc2[nH]1. The summed E-state index contributed by atoms with van der Waals surface area (Å²) in [4.78, 5) is 7.75. The first kappa shape index (κ1) is 16.5. The highest BCUT2D eigenvalue weighted by Gasteiger charge is 2.11. The molecule has 5 aromatic rings. The van der Waals surface area contributed by atoms with Crippen LogP contribution in [-0.4, -0.2) is 19.7 Å². The van der Waals surface area contributed by atoms with E-state index in [9.17, 15) is 0 Å². The van der Waals surface area contributed by atoms with E-state index in [0.717, 1.165) is 33.7 Å². The molecule has 0 aliphatic heterocycles. The van der Waals surface area contributed by atoms with Gasteiger partial charge in [0.15, 0.2) is 0 Å². The smallest absolute Gasteiger partial charge is 0.0945 e. The van der Waals surface area contributed by atoms with E-state index in [4.69, 9.17) is 0 Å². The summed E-state index contributed by atoms with van der Waals surface area (Å²) in [6.45, 7) is 2.14. The van der Waals surface area contributed by atoms with Gasteiger partial charge >= 0.3 is 0 Å². The number of hydrogen-bond donors (Lipinski definition) is 1. The van der Waals surface area contributed by atoms with Crippen LogP contribution in [0.2, 0.25) is 0 Å². The molecule has 0 amide bonds. The van der Waals surface area contributed by atoms with E-state index in [1.165, 1.54) is 16.5 Å². The van der Waals surface area contributed by atoms with Gasteiger partial charge in [-0.2, -0.15) is 5.10 Å². The molecule has 0 unspecified atom stereocenters. The van der Waals surface area contributed by atoms with E-state index in [2.05, 4.69) is 76.6 Å². The molecule has 0 saturated carbocycles. The molecule has 3 aromatic heterocycles. The van der Waals surface area contributed by atoms with Gasteiger partial charge < -0.3 is 4.98 Å². The quantitative estimate of drug-likeness (QED) is 0.452. The zero-order valence-corrected chi connectivity index (χ0v) is 15.8. The minimum atomic E-state index is 0.931. The second kappa shape index (κ2) is 6.50. The van der Waals surface area contributed by atoms with Gasteiger partial charge in [-0.25, -0.2) is 0 Å².